The molecule has 2 rings (SSSR count). The molecule has 0 aliphatic carbocycles. The van der Waals surface area contributed by atoms with Gasteiger partial charge in [-0.25, -0.2) is 4.39 Å². The van der Waals surface area contributed by atoms with E-state index in [0.29, 0.717) is 12.3 Å². The lowest BCUT2D eigenvalue weighted by Crippen LogP contribution is -2.23. The van der Waals surface area contributed by atoms with Crippen molar-refractivity contribution in [1.82, 2.24) is 9.88 Å². The molecule has 0 aliphatic rings. The SMILES string of the molecule is COc1ccc(C(=O)NCc2ccn(C)c2)c(F)c1. The Morgan fingerprint density at radius 2 is 2.21 bits per heavy atom. The van der Waals surface area contributed by atoms with Crippen molar-refractivity contribution in [1.29, 1.82) is 0 Å². The zero-order valence-corrected chi connectivity index (χ0v) is 10.8. The minimum Gasteiger partial charge on any atom is -0.497 e. The van der Waals surface area contributed by atoms with Gasteiger partial charge in [0.1, 0.15) is 11.6 Å². The highest BCUT2D eigenvalue weighted by molar-refractivity contribution is 5.94. The van der Waals surface area contributed by atoms with Crippen molar-refractivity contribution in [2.75, 3.05) is 7.11 Å². The van der Waals surface area contributed by atoms with Crippen LogP contribution in [-0.4, -0.2) is 17.6 Å². The molecule has 0 saturated heterocycles. The Morgan fingerprint density at radius 1 is 1.42 bits per heavy atom. The fourth-order valence-corrected chi connectivity index (χ4v) is 1.75. The quantitative estimate of drug-likeness (QED) is 0.917. The van der Waals surface area contributed by atoms with E-state index in [9.17, 15) is 9.18 Å². The third-order valence-electron chi connectivity index (χ3n) is 2.77. The molecule has 0 radical (unpaired) electrons. The molecule has 2 aromatic rings. The number of hydrogen-bond donors (Lipinski definition) is 1. The number of rotatable bonds is 4. The van der Waals surface area contributed by atoms with E-state index in [1.165, 1.54) is 19.2 Å². The summed E-state index contributed by atoms with van der Waals surface area (Å²) in [5, 5.41) is 2.67. The number of aryl methyl sites for hydroxylation is 1. The maximum absolute atomic E-state index is 13.7. The van der Waals surface area contributed by atoms with Crippen LogP contribution in [0.5, 0.6) is 5.75 Å². The summed E-state index contributed by atoms with van der Waals surface area (Å²) in [5.41, 5.74) is 0.974. The number of nitrogens with one attached hydrogen (secondary N) is 1. The van der Waals surface area contributed by atoms with Crippen molar-refractivity contribution in [2.45, 2.75) is 6.54 Å². The largest absolute Gasteiger partial charge is 0.497 e. The molecule has 1 heterocycles. The third-order valence-corrected chi connectivity index (χ3v) is 2.77. The minimum atomic E-state index is -0.593. The van der Waals surface area contributed by atoms with Crippen LogP contribution in [0.4, 0.5) is 4.39 Å². The van der Waals surface area contributed by atoms with Gasteiger partial charge in [-0.05, 0) is 23.8 Å². The van der Waals surface area contributed by atoms with Gasteiger partial charge in [-0.1, -0.05) is 0 Å². The van der Waals surface area contributed by atoms with Crippen LogP contribution in [0.25, 0.3) is 0 Å². The Bertz CT molecular complexity index is 593. The van der Waals surface area contributed by atoms with Crippen molar-refractivity contribution in [2.24, 2.45) is 7.05 Å². The van der Waals surface area contributed by atoms with Crippen molar-refractivity contribution < 1.29 is 13.9 Å². The second kappa shape index (κ2) is 5.56. The number of nitrogens with zero attached hydrogens (tertiary/aromatic N) is 1. The van der Waals surface area contributed by atoms with Crippen LogP contribution in [-0.2, 0) is 13.6 Å². The van der Waals surface area contributed by atoms with Gasteiger partial charge in [-0.2, -0.15) is 0 Å². The van der Waals surface area contributed by atoms with Crippen LogP contribution in [0.15, 0.2) is 36.7 Å². The number of benzene rings is 1. The van der Waals surface area contributed by atoms with E-state index < -0.39 is 11.7 Å². The summed E-state index contributed by atoms with van der Waals surface area (Å²) in [5.74, 6) is -0.647. The van der Waals surface area contributed by atoms with E-state index in [-0.39, 0.29) is 5.56 Å². The number of carbonyl (C=O) groups excluding carboxylic acids is 1. The zero-order chi connectivity index (χ0) is 13.8. The highest BCUT2D eigenvalue weighted by Gasteiger charge is 2.12. The van der Waals surface area contributed by atoms with Crippen LogP contribution in [0.1, 0.15) is 15.9 Å². The van der Waals surface area contributed by atoms with E-state index in [1.54, 1.807) is 6.07 Å². The number of aromatic nitrogens is 1. The van der Waals surface area contributed by atoms with Gasteiger partial charge in [0.05, 0.1) is 12.7 Å². The van der Waals surface area contributed by atoms with Gasteiger partial charge in [-0.3, -0.25) is 4.79 Å². The van der Waals surface area contributed by atoms with Gasteiger partial charge in [0, 0.05) is 32.1 Å². The van der Waals surface area contributed by atoms with Crippen molar-refractivity contribution in [3.63, 3.8) is 0 Å². The summed E-state index contributed by atoms with van der Waals surface area (Å²) in [6.45, 7) is 0.366. The highest BCUT2D eigenvalue weighted by atomic mass is 19.1. The molecule has 19 heavy (non-hydrogen) atoms. The van der Waals surface area contributed by atoms with Crippen LogP contribution < -0.4 is 10.1 Å². The summed E-state index contributed by atoms with van der Waals surface area (Å²) in [7, 11) is 3.35. The number of methoxy groups -OCH3 is 1. The van der Waals surface area contributed by atoms with E-state index in [2.05, 4.69) is 5.32 Å². The summed E-state index contributed by atoms with van der Waals surface area (Å²) < 4.78 is 20.4. The van der Waals surface area contributed by atoms with Crippen molar-refractivity contribution in [3.8, 4) is 5.75 Å². The van der Waals surface area contributed by atoms with Crippen LogP contribution >= 0.6 is 0 Å². The van der Waals surface area contributed by atoms with Gasteiger partial charge < -0.3 is 14.6 Å². The van der Waals surface area contributed by atoms with Crippen LogP contribution in [0.3, 0.4) is 0 Å². The van der Waals surface area contributed by atoms with Gasteiger partial charge in [0.2, 0.25) is 0 Å². The first-order chi connectivity index (χ1) is 9.10. The van der Waals surface area contributed by atoms with Gasteiger partial charge in [0.15, 0.2) is 0 Å². The minimum absolute atomic E-state index is 0.0109. The average Bonchev–Trinajstić information content (AvgIpc) is 2.81. The van der Waals surface area contributed by atoms with Crippen LogP contribution in [0, 0.1) is 5.82 Å². The summed E-state index contributed by atoms with van der Waals surface area (Å²) in [6, 6.07) is 6.05. The molecule has 1 N–H and O–H groups in total. The van der Waals surface area contributed by atoms with Gasteiger partial charge in [0.25, 0.3) is 5.91 Å². The number of ether oxygens (including phenoxy) is 1. The lowest BCUT2D eigenvalue weighted by Gasteiger charge is -2.06. The normalized spacial score (nSPS) is 10.3. The maximum atomic E-state index is 13.7. The van der Waals surface area contributed by atoms with Gasteiger partial charge >= 0.3 is 0 Å². The molecule has 100 valence electrons. The molecule has 0 spiro atoms. The lowest BCUT2D eigenvalue weighted by molar-refractivity contribution is 0.0947. The Kier molecular flexibility index (Phi) is 3.85. The number of halogens is 1. The topological polar surface area (TPSA) is 43.3 Å². The fraction of sp³-hybridized carbons (Fsp3) is 0.214. The highest BCUT2D eigenvalue weighted by Crippen LogP contribution is 2.16. The first kappa shape index (κ1) is 13.1. The Labute approximate surface area is 110 Å². The monoisotopic (exact) mass is 262 g/mol. The summed E-state index contributed by atoms with van der Waals surface area (Å²) in [6.07, 6.45) is 3.78. The molecular formula is C14H15FN2O2. The molecule has 0 saturated carbocycles. The molecule has 0 atom stereocenters. The van der Waals surface area contributed by atoms with Crippen molar-refractivity contribution >= 4 is 5.91 Å². The second-order valence-electron chi connectivity index (χ2n) is 4.21. The predicted octanol–water partition coefficient (Wildman–Crippen LogP) is 2.10. The summed E-state index contributed by atoms with van der Waals surface area (Å²) >= 11 is 0. The molecule has 0 aliphatic heterocycles. The van der Waals surface area contributed by atoms with Crippen LogP contribution in [0.2, 0.25) is 0 Å². The first-order valence-corrected chi connectivity index (χ1v) is 5.82. The fourth-order valence-electron chi connectivity index (χ4n) is 1.75. The Balaban J connectivity index is 2.03. The lowest BCUT2D eigenvalue weighted by atomic mass is 10.2. The zero-order valence-electron chi connectivity index (χ0n) is 10.8. The molecule has 1 amide bonds. The molecule has 0 unspecified atom stereocenters. The maximum Gasteiger partial charge on any atom is 0.254 e. The number of hydrogen-bond acceptors (Lipinski definition) is 2. The van der Waals surface area contributed by atoms with Crippen molar-refractivity contribution in [3.05, 3.63) is 53.6 Å². The molecule has 5 heteroatoms. The Morgan fingerprint density at radius 3 is 2.79 bits per heavy atom. The third kappa shape index (κ3) is 3.13. The molecular weight excluding hydrogens is 247 g/mol. The summed E-state index contributed by atoms with van der Waals surface area (Å²) in [4.78, 5) is 11.8. The average molecular weight is 262 g/mol. The van der Waals surface area contributed by atoms with E-state index >= 15 is 0 Å². The smallest absolute Gasteiger partial charge is 0.254 e. The molecule has 4 nitrogen and oxygen atoms in total. The number of amides is 1. The molecule has 0 bridgehead atoms. The molecule has 1 aromatic carbocycles. The molecule has 1 aromatic heterocycles. The first-order valence-electron chi connectivity index (χ1n) is 5.82. The Hall–Kier alpha value is -2.30. The van der Waals surface area contributed by atoms with Gasteiger partial charge in [-0.15, -0.1) is 0 Å². The van der Waals surface area contributed by atoms with E-state index in [4.69, 9.17) is 4.74 Å². The van der Waals surface area contributed by atoms with E-state index in [0.717, 1.165) is 5.56 Å². The second-order valence-corrected chi connectivity index (χ2v) is 4.21. The molecule has 0 fully saturated rings. The number of carbonyl (C=O) groups is 1. The standard InChI is InChI=1S/C14H15FN2O2/c1-17-6-5-10(9-17)8-16-14(18)12-4-3-11(19-2)7-13(12)15/h3-7,9H,8H2,1-2H3,(H,16,18). The predicted molar refractivity (Wildman–Crippen MR) is 69.5 cm³/mol. The van der Waals surface area contributed by atoms with E-state index in [1.807, 2.05) is 30.1 Å².